The van der Waals surface area contributed by atoms with Crippen molar-refractivity contribution in [1.82, 2.24) is 9.88 Å². The maximum absolute atomic E-state index is 12.2. The van der Waals surface area contributed by atoms with Crippen molar-refractivity contribution in [3.63, 3.8) is 0 Å². The summed E-state index contributed by atoms with van der Waals surface area (Å²) < 4.78 is 0. The molecule has 0 spiro atoms. The van der Waals surface area contributed by atoms with Gasteiger partial charge in [-0.3, -0.25) is 9.78 Å². The van der Waals surface area contributed by atoms with Crippen molar-refractivity contribution in [2.75, 3.05) is 19.5 Å². The molecule has 17 heavy (non-hydrogen) atoms. The number of alkyl halides is 1. The predicted octanol–water partition coefficient (Wildman–Crippen LogP) is 2.55. The number of para-hydroxylation sites is 1. The molecule has 2 rings (SSSR count). The molecule has 1 aromatic heterocycles. The molecule has 0 aliphatic carbocycles. The average Bonchev–Trinajstić information content (AvgIpc) is 2.37. The molecule has 0 aliphatic heterocycles. The standard InChI is InChI=1S/C13H13ClN2O/c1-16(9-7-14)13(17)11-6-2-4-10-5-3-8-15-12(10)11/h2-6,8H,7,9H2,1H3. The molecule has 0 saturated carbocycles. The minimum absolute atomic E-state index is 0.0463. The summed E-state index contributed by atoms with van der Waals surface area (Å²) in [6.45, 7) is 0.531. The van der Waals surface area contributed by atoms with Crippen LogP contribution in [0.4, 0.5) is 0 Å². The number of hydrogen-bond donors (Lipinski definition) is 0. The molecule has 88 valence electrons. The number of fused-ring (bicyclic) bond motifs is 1. The van der Waals surface area contributed by atoms with Crippen LogP contribution in [-0.2, 0) is 0 Å². The third-order valence-corrected chi connectivity index (χ3v) is 2.80. The highest BCUT2D eigenvalue weighted by atomic mass is 35.5. The molecule has 0 aliphatic rings. The second-order valence-corrected chi connectivity index (χ2v) is 4.17. The van der Waals surface area contributed by atoms with Crippen LogP contribution < -0.4 is 0 Å². The Morgan fingerprint density at radius 1 is 1.35 bits per heavy atom. The van der Waals surface area contributed by atoms with Gasteiger partial charge < -0.3 is 4.90 Å². The van der Waals surface area contributed by atoms with Crippen LogP contribution in [0, 0.1) is 0 Å². The highest BCUT2D eigenvalue weighted by Gasteiger charge is 2.14. The van der Waals surface area contributed by atoms with Gasteiger partial charge >= 0.3 is 0 Å². The monoisotopic (exact) mass is 248 g/mol. The first-order valence-electron chi connectivity index (χ1n) is 5.39. The highest BCUT2D eigenvalue weighted by molar-refractivity contribution is 6.18. The molecule has 3 nitrogen and oxygen atoms in total. The van der Waals surface area contributed by atoms with Crippen LogP contribution in [0.25, 0.3) is 10.9 Å². The van der Waals surface area contributed by atoms with Gasteiger partial charge in [0.15, 0.2) is 0 Å². The average molecular weight is 249 g/mol. The number of carbonyl (C=O) groups excluding carboxylic acids is 1. The first-order valence-corrected chi connectivity index (χ1v) is 5.92. The van der Waals surface area contributed by atoms with Crippen LogP contribution >= 0.6 is 11.6 Å². The molecule has 2 aromatic rings. The van der Waals surface area contributed by atoms with E-state index in [0.29, 0.717) is 18.0 Å². The minimum atomic E-state index is -0.0463. The predicted molar refractivity (Wildman–Crippen MR) is 69.4 cm³/mol. The lowest BCUT2D eigenvalue weighted by atomic mass is 10.1. The van der Waals surface area contributed by atoms with E-state index < -0.39 is 0 Å². The van der Waals surface area contributed by atoms with Crippen LogP contribution in [0.5, 0.6) is 0 Å². The van der Waals surface area contributed by atoms with Crippen molar-refractivity contribution in [3.05, 3.63) is 42.1 Å². The van der Waals surface area contributed by atoms with Gasteiger partial charge in [-0.25, -0.2) is 0 Å². The molecule has 0 bridgehead atoms. The molecule has 0 fully saturated rings. The Kier molecular flexibility index (Phi) is 3.59. The number of rotatable bonds is 3. The summed E-state index contributed by atoms with van der Waals surface area (Å²) in [5.41, 5.74) is 1.36. The Morgan fingerprint density at radius 2 is 2.12 bits per heavy atom. The molecular weight excluding hydrogens is 236 g/mol. The summed E-state index contributed by atoms with van der Waals surface area (Å²) in [6, 6.07) is 9.41. The summed E-state index contributed by atoms with van der Waals surface area (Å²) in [5.74, 6) is 0.385. The normalized spacial score (nSPS) is 10.5. The maximum Gasteiger partial charge on any atom is 0.255 e. The molecule has 1 amide bonds. The van der Waals surface area contributed by atoms with E-state index in [0.717, 1.165) is 10.9 Å². The highest BCUT2D eigenvalue weighted by Crippen LogP contribution is 2.17. The van der Waals surface area contributed by atoms with E-state index in [9.17, 15) is 4.79 Å². The summed E-state index contributed by atoms with van der Waals surface area (Å²) in [4.78, 5) is 18.0. The molecule has 0 N–H and O–H groups in total. The lowest BCUT2D eigenvalue weighted by Crippen LogP contribution is -2.28. The van der Waals surface area contributed by atoms with Crippen LogP contribution in [0.15, 0.2) is 36.5 Å². The third-order valence-electron chi connectivity index (χ3n) is 2.63. The van der Waals surface area contributed by atoms with E-state index in [1.165, 1.54) is 0 Å². The Labute approximate surface area is 105 Å². The zero-order chi connectivity index (χ0) is 12.3. The Balaban J connectivity index is 2.45. The van der Waals surface area contributed by atoms with Crippen molar-refractivity contribution >= 4 is 28.4 Å². The largest absolute Gasteiger partial charge is 0.340 e. The fraction of sp³-hybridized carbons (Fsp3) is 0.231. The lowest BCUT2D eigenvalue weighted by Gasteiger charge is -2.16. The molecule has 4 heteroatoms. The van der Waals surface area contributed by atoms with Crippen LogP contribution in [0.2, 0.25) is 0 Å². The van der Waals surface area contributed by atoms with Crippen molar-refractivity contribution in [2.24, 2.45) is 0 Å². The zero-order valence-corrected chi connectivity index (χ0v) is 10.3. The number of hydrogen-bond acceptors (Lipinski definition) is 2. The smallest absolute Gasteiger partial charge is 0.255 e. The van der Waals surface area contributed by atoms with Gasteiger partial charge in [0.05, 0.1) is 11.1 Å². The van der Waals surface area contributed by atoms with Crippen molar-refractivity contribution < 1.29 is 4.79 Å². The Hall–Kier alpha value is -1.61. The van der Waals surface area contributed by atoms with E-state index in [4.69, 9.17) is 11.6 Å². The number of carbonyl (C=O) groups is 1. The second kappa shape index (κ2) is 5.15. The first-order chi connectivity index (χ1) is 8.24. The Bertz CT molecular complexity index is 536. The summed E-state index contributed by atoms with van der Waals surface area (Å²) in [5, 5.41) is 0.970. The summed E-state index contributed by atoms with van der Waals surface area (Å²) >= 11 is 5.64. The summed E-state index contributed by atoms with van der Waals surface area (Å²) in [6.07, 6.45) is 1.70. The first kappa shape index (κ1) is 11.9. The number of pyridine rings is 1. The molecule has 1 aromatic carbocycles. The number of nitrogens with zero attached hydrogens (tertiary/aromatic N) is 2. The minimum Gasteiger partial charge on any atom is -0.340 e. The molecule has 0 unspecified atom stereocenters. The van der Waals surface area contributed by atoms with Gasteiger partial charge in [0.2, 0.25) is 0 Å². The van der Waals surface area contributed by atoms with Crippen molar-refractivity contribution in [3.8, 4) is 0 Å². The molecule has 0 saturated heterocycles. The van der Waals surface area contributed by atoms with Gasteiger partial charge in [0, 0.05) is 31.1 Å². The second-order valence-electron chi connectivity index (χ2n) is 3.80. The maximum atomic E-state index is 12.2. The van der Waals surface area contributed by atoms with E-state index in [1.807, 2.05) is 24.3 Å². The topological polar surface area (TPSA) is 33.2 Å². The fourth-order valence-electron chi connectivity index (χ4n) is 1.71. The van der Waals surface area contributed by atoms with Crippen LogP contribution in [0.1, 0.15) is 10.4 Å². The molecular formula is C13H13ClN2O. The van der Waals surface area contributed by atoms with E-state index in [-0.39, 0.29) is 5.91 Å². The fourth-order valence-corrected chi connectivity index (χ4v) is 1.96. The van der Waals surface area contributed by atoms with Crippen LogP contribution in [0.3, 0.4) is 0 Å². The number of amides is 1. The third kappa shape index (κ3) is 2.39. The van der Waals surface area contributed by atoms with Gasteiger partial charge in [0.1, 0.15) is 0 Å². The summed E-state index contributed by atoms with van der Waals surface area (Å²) in [7, 11) is 1.74. The van der Waals surface area contributed by atoms with Gasteiger partial charge in [-0.15, -0.1) is 11.6 Å². The van der Waals surface area contributed by atoms with Gasteiger partial charge in [-0.2, -0.15) is 0 Å². The van der Waals surface area contributed by atoms with E-state index >= 15 is 0 Å². The van der Waals surface area contributed by atoms with E-state index in [2.05, 4.69) is 4.98 Å². The van der Waals surface area contributed by atoms with E-state index in [1.54, 1.807) is 24.2 Å². The van der Waals surface area contributed by atoms with Gasteiger partial charge in [-0.1, -0.05) is 18.2 Å². The van der Waals surface area contributed by atoms with Crippen LogP contribution in [-0.4, -0.2) is 35.3 Å². The number of benzene rings is 1. The Morgan fingerprint density at radius 3 is 2.88 bits per heavy atom. The lowest BCUT2D eigenvalue weighted by molar-refractivity contribution is 0.0805. The molecule has 1 heterocycles. The molecule has 0 atom stereocenters. The SMILES string of the molecule is CN(CCCl)C(=O)c1cccc2cccnc12. The van der Waals surface area contributed by atoms with Gasteiger partial charge in [0.25, 0.3) is 5.91 Å². The van der Waals surface area contributed by atoms with Crippen molar-refractivity contribution in [1.29, 1.82) is 0 Å². The quantitative estimate of drug-likeness (QED) is 0.782. The molecule has 0 radical (unpaired) electrons. The van der Waals surface area contributed by atoms with Gasteiger partial charge in [-0.05, 0) is 12.1 Å². The van der Waals surface area contributed by atoms with Crippen molar-refractivity contribution in [2.45, 2.75) is 0 Å². The number of halogens is 1. The number of aromatic nitrogens is 1. The zero-order valence-electron chi connectivity index (χ0n) is 9.56.